The Bertz CT molecular complexity index is 277. The molecule has 0 spiro atoms. The molecule has 0 aromatic rings. The van der Waals surface area contributed by atoms with Gasteiger partial charge in [0.25, 0.3) is 0 Å². The molecule has 1 aliphatic heterocycles. The van der Waals surface area contributed by atoms with Crippen LogP contribution in [0.2, 0.25) is 0 Å². The fraction of sp³-hybridized carbons (Fsp3) is 1.00. The Morgan fingerprint density at radius 1 is 1.26 bits per heavy atom. The summed E-state index contributed by atoms with van der Waals surface area (Å²) in [6, 6.07) is 0.883. The Morgan fingerprint density at radius 3 is 2.53 bits per heavy atom. The van der Waals surface area contributed by atoms with Crippen LogP contribution in [0.4, 0.5) is 0 Å². The van der Waals surface area contributed by atoms with E-state index < -0.39 is 0 Å². The number of nitrogens with zero attached hydrogens (tertiary/aromatic N) is 3. The topological polar surface area (TPSA) is 35.7 Å². The molecule has 112 valence electrons. The van der Waals surface area contributed by atoms with E-state index in [0.29, 0.717) is 0 Å². The molecule has 0 bridgehead atoms. The van der Waals surface area contributed by atoms with E-state index in [2.05, 4.69) is 35.7 Å². The minimum Gasteiger partial charge on any atom is -0.329 e. The highest BCUT2D eigenvalue weighted by Gasteiger charge is 2.45. The van der Waals surface area contributed by atoms with Crippen LogP contribution in [-0.2, 0) is 0 Å². The van der Waals surface area contributed by atoms with Crippen LogP contribution in [0.1, 0.15) is 32.6 Å². The van der Waals surface area contributed by atoms with Gasteiger partial charge in [0.15, 0.2) is 0 Å². The second kappa shape index (κ2) is 6.53. The first-order valence-corrected chi connectivity index (χ1v) is 7.95. The van der Waals surface area contributed by atoms with Gasteiger partial charge in [-0.05, 0) is 59.4 Å². The van der Waals surface area contributed by atoms with Crippen molar-refractivity contribution in [3.8, 4) is 0 Å². The van der Waals surface area contributed by atoms with Crippen LogP contribution in [0.25, 0.3) is 0 Å². The Balaban J connectivity index is 1.89. The van der Waals surface area contributed by atoms with Gasteiger partial charge in [0.2, 0.25) is 0 Å². The molecule has 0 amide bonds. The van der Waals surface area contributed by atoms with E-state index in [1.54, 1.807) is 0 Å². The monoisotopic (exact) mass is 268 g/mol. The molecule has 1 saturated heterocycles. The number of hydrogen-bond acceptors (Lipinski definition) is 4. The second-order valence-corrected chi connectivity index (χ2v) is 6.62. The molecule has 4 nitrogen and oxygen atoms in total. The normalized spacial score (nSPS) is 28.7. The van der Waals surface area contributed by atoms with Gasteiger partial charge in [-0.2, -0.15) is 0 Å². The Kier molecular flexibility index (Phi) is 5.23. The van der Waals surface area contributed by atoms with E-state index in [4.69, 9.17) is 5.73 Å². The smallest absolute Gasteiger partial charge is 0.0470 e. The Morgan fingerprint density at radius 2 is 2.00 bits per heavy atom. The van der Waals surface area contributed by atoms with Gasteiger partial charge in [-0.1, -0.05) is 6.92 Å². The maximum absolute atomic E-state index is 6.18. The maximum atomic E-state index is 6.18. The van der Waals surface area contributed by atoms with E-state index in [1.807, 2.05) is 0 Å². The van der Waals surface area contributed by atoms with Gasteiger partial charge < -0.3 is 10.6 Å². The summed E-state index contributed by atoms with van der Waals surface area (Å²) in [5, 5.41) is 0. The number of likely N-dealkylation sites (tertiary alicyclic amines) is 1. The molecule has 2 fully saturated rings. The van der Waals surface area contributed by atoms with Crippen LogP contribution < -0.4 is 5.73 Å². The third kappa shape index (κ3) is 3.69. The van der Waals surface area contributed by atoms with Crippen molar-refractivity contribution in [3.63, 3.8) is 0 Å². The lowest BCUT2D eigenvalue weighted by Crippen LogP contribution is -2.56. The first-order valence-electron chi connectivity index (χ1n) is 7.95. The molecule has 19 heavy (non-hydrogen) atoms. The molecule has 1 unspecified atom stereocenters. The number of nitrogens with two attached hydrogens (primary N) is 1. The summed E-state index contributed by atoms with van der Waals surface area (Å²) in [6.07, 6.45) is 5.32. The summed E-state index contributed by atoms with van der Waals surface area (Å²) in [4.78, 5) is 7.61. The van der Waals surface area contributed by atoms with Gasteiger partial charge in [-0.25, -0.2) is 0 Å². The second-order valence-electron chi connectivity index (χ2n) is 6.62. The van der Waals surface area contributed by atoms with Crippen molar-refractivity contribution in [2.75, 3.05) is 53.4 Å². The molecule has 2 rings (SSSR count). The van der Waals surface area contributed by atoms with Crippen LogP contribution in [0.5, 0.6) is 0 Å². The van der Waals surface area contributed by atoms with Crippen LogP contribution in [0.15, 0.2) is 0 Å². The average molecular weight is 268 g/mol. The van der Waals surface area contributed by atoms with Gasteiger partial charge in [0.1, 0.15) is 0 Å². The highest BCUT2D eigenvalue weighted by atomic mass is 15.3. The third-order valence-electron chi connectivity index (χ3n) is 4.89. The lowest BCUT2D eigenvalue weighted by atomic mass is 9.95. The molecule has 4 heteroatoms. The zero-order chi connectivity index (χ0) is 13.9. The summed E-state index contributed by atoms with van der Waals surface area (Å²) in [5.41, 5.74) is 6.43. The van der Waals surface area contributed by atoms with Crippen molar-refractivity contribution in [2.45, 2.75) is 44.2 Å². The molecular formula is C15H32N4. The average Bonchev–Trinajstić information content (AvgIpc) is 3.15. The lowest BCUT2D eigenvalue weighted by Gasteiger charge is -2.40. The maximum Gasteiger partial charge on any atom is 0.0470 e. The van der Waals surface area contributed by atoms with Gasteiger partial charge in [-0.3, -0.25) is 9.80 Å². The molecule has 1 atom stereocenters. The molecule has 2 aliphatic rings. The largest absolute Gasteiger partial charge is 0.329 e. The number of likely N-dealkylation sites (N-methyl/N-ethyl adjacent to an activating group) is 1. The van der Waals surface area contributed by atoms with E-state index in [9.17, 15) is 0 Å². The summed E-state index contributed by atoms with van der Waals surface area (Å²) >= 11 is 0. The molecule has 1 aliphatic carbocycles. The molecule has 0 radical (unpaired) electrons. The summed E-state index contributed by atoms with van der Waals surface area (Å²) in [7, 11) is 4.30. The van der Waals surface area contributed by atoms with Crippen LogP contribution in [0, 0.1) is 0 Å². The fourth-order valence-electron chi connectivity index (χ4n) is 3.50. The van der Waals surface area contributed by atoms with Gasteiger partial charge >= 0.3 is 0 Å². The van der Waals surface area contributed by atoms with Gasteiger partial charge in [0.05, 0.1) is 0 Å². The van der Waals surface area contributed by atoms with Crippen molar-refractivity contribution in [3.05, 3.63) is 0 Å². The summed E-state index contributed by atoms with van der Waals surface area (Å²) in [6.45, 7) is 9.03. The minimum absolute atomic E-state index is 0.254. The van der Waals surface area contributed by atoms with Crippen LogP contribution in [-0.4, -0.2) is 79.6 Å². The highest BCUT2D eigenvalue weighted by Crippen LogP contribution is 2.35. The van der Waals surface area contributed by atoms with Crippen molar-refractivity contribution in [1.29, 1.82) is 0 Å². The van der Waals surface area contributed by atoms with Crippen LogP contribution in [0.3, 0.4) is 0 Å². The minimum atomic E-state index is 0.254. The quantitative estimate of drug-likeness (QED) is 0.707. The van der Waals surface area contributed by atoms with E-state index >= 15 is 0 Å². The van der Waals surface area contributed by atoms with Crippen molar-refractivity contribution < 1.29 is 0 Å². The summed E-state index contributed by atoms with van der Waals surface area (Å²) in [5.74, 6) is 0. The third-order valence-corrected chi connectivity index (χ3v) is 4.89. The Labute approximate surface area is 118 Å². The first kappa shape index (κ1) is 15.2. The lowest BCUT2D eigenvalue weighted by molar-refractivity contribution is 0.0992. The zero-order valence-corrected chi connectivity index (χ0v) is 13.1. The van der Waals surface area contributed by atoms with E-state index in [-0.39, 0.29) is 5.54 Å². The molecule has 2 N–H and O–H groups in total. The van der Waals surface area contributed by atoms with Crippen molar-refractivity contribution >= 4 is 0 Å². The van der Waals surface area contributed by atoms with E-state index in [1.165, 1.54) is 51.9 Å². The standard InChI is InChI=1S/C15H32N4/c1-4-19(10-5-9-17(2)3)15(12-16)8-11-18(13-15)14-6-7-14/h14H,4-13,16H2,1-3H3. The van der Waals surface area contributed by atoms with E-state index in [0.717, 1.165) is 19.1 Å². The zero-order valence-electron chi connectivity index (χ0n) is 13.1. The van der Waals surface area contributed by atoms with Crippen molar-refractivity contribution in [1.82, 2.24) is 14.7 Å². The predicted molar refractivity (Wildman–Crippen MR) is 81.4 cm³/mol. The predicted octanol–water partition coefficient (Wildman–Crippen LogP) is 0.826. The number of rotatable bonds is 8. The molecule has 1 saturated carbocycles. The van der Waals surface area contributed by atoms with Crippen molar-refractivity contribution in [2.24, 2.45) is 5.73 Å². The van der Waals surface area contributed by atoms with Crippen LogP contribution >= 0.6 is 0 Å². The summed E-state index contributed by atoms with van der Waals surface area (Å²) < 4.78 is 0. The van der Waals surface area contributed by atoms with Gasteiger partial charge in [0, 0.05) is 31.2 Å². The number of hydrogen-bond donors (Lipinski definition) is 1. The van der Waals surface area contributed by atoms with Gasteiger partial charge in [-0.15, -0.1) is 0 Å². The molecule has 1 heterocycles. The first-order chi connectivity index (χ1) is 9.11. The SMILES string of the molecule is CCN(CCCN(C)C)C1(CN)CCN(C2CC2)C1. The highest BCUT2D eigenvalue weighted by molar-refractivity contribution is 5.03. The fourth-order valence-corrected chi connectivity index (χ4v) is 3.50. The molecule has 0 aromatic carbocycles. The Hall–Kier alpha value is -0.160. The molecule has 0 aromatic heterocycles. The molecular weight excluding hydrogens is 236 g/mol.